The van der Waals surface area contributed by atoms with E-state index in [1.54, 1.807) is 0 Å². The van der Waals surface area contributed by atoms with Gasteiger partial charge in [0.15, 0.2) is 0 Å². The molecule has 1 aromatic heterocycles. The average Bonchev–Trinajstić information content (AvgIpc) is 2.30. The van der Waals surface area contributed by atoms with Gasteiger partial charge in [-0.05, 0) is 12.1 Å². The van der Waals surface area contributed by atoms with E-state index in [2.05, 4.69) is 54.5 Å². The van der Waals surface area contributed by atoms with Gasteiger partial charge in [-0.15, -0.1) is 0 Å². The lowest BCUT2D eigenvalue weighted by Crippen LogP contribution is -2.37. The predicted molar refractivity (Wildman–Crippen MR) is 64.5 cm³/mol. The maximum absolute atomic E-state index is 3.86. The molecule has 0 spiro atoms. The van der Waals surface area contributed by atoms with Crippen LogP contribution in [0.25, 0.3) is 17.0 Å². The van der Waals surface area contributed by atoms with Gasteiger partial charge in [0.05, 0.1) is 0 Å². The van der Waals surface area contributed by atoms with Crippen molar-refractivity contribution < 1.29 is 4.57 Å². The Hall–Kier alpha value is -1.63. The van der Waals surface area contributed by atoms with Crippen LogP contribution in [0.1, 0.15) is 19.0 Å². The Morgan fingerprint density at radius 2 is 2.00 bits per heavy atom. The summed E-state index contributed by atoms with van der Waals surface area (Å²) in [5, 5.41) is 1.29. The van der Waals surface area contributed by atoms with E-state index in [0.29, 0.717) is 0 Å². The number of hydrogen-bond donors (Lipinski definition) is 0. The van der Waals surface area contributed by atoms with E-state index in [1.165, 1.54) is 16.6 Å². The number of rotatable bonds is 3. The van der Waals surface area contributed by atoms with Crippen molar-refractivity contribution in [3.8, 4) is 0 Å². The van der Waals surface area contributed by atoms with Crippen LogP contribution in [0.5, 0.6) is 0 Å². The molecule has 0 atom stereocenters. The van der Waals surface area contributed by atoms with Crippen LogP contribution in [0.4, 0.5) is 0 Å². The van der Waals surface area contributed by atoms with Gasteiger partial charge in [-0.2, -0.15) is 4.57 Å². The third-order valence-electron chi connectivity index (χ3n) is 2.63. The zero-order valence-electron chi connectivity index (χ0n) is 9.11. The molecule has 0 saturated heterocycles. The number of hydrogen-bond acceptors (Lipinski definition) is 0. The van der Waals surface area contributed by atoms with Crippen molar-refractivity contribution in [3.05, 3.63) is 48.7 Å². The first-order valence-electron chi connectivity index (χ1n) is 5.41. The Labute approximate surface area is 90.7 Å². The Balaban J connectivity index is 2.72. The number of nitrogens with zero attached hydrogens (tertiary/aromatic N) is 1. The van der Waals surface area contributed by atoms with E-state index in [1.807, 2.05) is 6.08 Å². The van der Waals surface area contributed by atoms with Crippen LogP contribution in [0.3, 0.4) is 0 Å². The van der Waals surface area contributed by atoms with Crippen molar-refractivity contribution in [2.45, 2.75) is 19.9 Å². The summed E-state index contributed by atoms with van der Waals surface area (Å²) in [4.78, 5) is 0. The molecule has 0 aliphatic carbocycles. The molecule has 1 aromatic carbocycles. The van der Waals surface area contributed by atoms with Gasteiger partial charge >= 0.3 is 0 Å². The quantitative estimate of drug-likeness (QED) is 0.667. The number of aryl methyl sites for hydroxylation is 1. The predicted octanol–water partition coefficient (Wildman–Crippen LogP) is 3.18. The van der Waals surface area contributed by atoms with E-state index < -0.39 is 0 Å². The first-order valence-corrected chi connectivity index (χ1v) is 5.41. The third-order valence-corrected chi connectivity index (χ3v) is 2.63. The van der Waals surface area contributed by atoms with Crippen LogP contribution in [0, 0.1) is 0 Å². The first kappa shape index (κ1) is 9.91. The Kier molecular flexibility index (Phi) is 2.82. The number of aromatic nitrogens is 1. The fraction of sp³-hybridized carbons (Fsp3) is 0.214. The Morgan fingerprint density at radius 1 is 1.20 bits per heavy atom. The number of para-hydroxylation sites is 1. The fourth-order valence-electron chi connectivity index (χ4n) is 1.93. The number of benzene rings is 1. The lowest BCUT2D eigenvalue weighted by atomic mass is 10.2. The van der Waals surface area contributed by atoms with Crippen molar-refractivity contribution in [2.75, 3.05) is 0 Å². The monoisotopic (exact) mass is 198 g/mol. The SMILES string of the molecule is C=Cc1ccc2ccccc2[n+]1CCC. The second-order valence-electron chi connectivity index (χ2n) is 3.67. The zero-order valence-corrected chi connectivity index (χ0v) is 9.11. The van der Waals surface area contributed by atoms with Gasteiger partial charge < -0.3 is 0 Å². The minimum Gasteiger partial charge on any atom is -0.192 e. The summed E-state index contributed by atoms with van der Waals surface area (Å²) in [6.07, 6.45) is 3.06. The molecule has 2 rings (SSSR count). The van der Waals surface area contributed by atoms with Crippen LogP contribution in [-0.2, 0) is 6.54 Å². The highest BCUT2D eigenvalue weighted by molar-refractivity contribution is 5.75. The molecule has 0 saturated carbocycles. The molecule has 0 aliphatic heterocycles. The molecule has 0 fully saturated rings. The summed E-state index contributed by atoms with van der Waals surface area (Å²) in [6, 6.07) is 12.8. The van der Waals surface area contributed by atoms with Gasteiger partial charge in [0.2, 0.25) is 11.2 Å². The summed E-state index contributed by atoms with van der Waals surface area (Å²) in [5.41, 5.74) is 2.48. The van der Waals surface area contributed by atoms with Crippen molar-refractivity contribution in [1.29, 1.82) is 0 Å². The molecule has 0 radical (unpaired) electrons. The summed E-state index contributed by atoms with van der Waals surface area (Å²) < 4.78 is 2.32. The molecule has 1 heteroatoms. The molecule has 1 nitrogen and oxygen atoms in total. The van der Waals surface area contributed by atoms with Gasteiger partial charge in [-0.3, -0.25) is 0 Å². The van der Waals surface area contributed by atoms with Gasteiger partial charge in [-0.1, -0.05) is 25.6 Å². The normalized spacial score (nSPS) is 10.5. The molecule has 2 aromatic rings. The van der Waals surface area contributed by atoms with E-state index >= 15 is 0 Å². The van der Waals surface area contributed by atoms with E-state index in [-0.39, 0.29) is 0 Å². The smallest absolute Gasteiger partial charge is 0.192 e. The summed E-state index contributed by atoms with van der Waals surface area (Å²) in [7, 11) is 0. The molecular weight excluding hydrogens is 182 g/mol. The van der Waals surface area contributed by atoms with Gasteiger partial charge in [0.25, 0.3) is 0 Å². The molecule has 0 aliphatic rings. The topological polar surface area (TPSA) is 3.88 Å². The molecule has 1 heterocycles. The highest BCUT2D eigenvalue weighted by Gasteiger charge is 2.11. The van der Waals surface area contributed by atoms with Crippen molar-refractivity contribution in [2.24, 2.45) is 0 Å². The highest BCUT2D eigenvalue weighted by atomic mass is 15.0. The van der Waals surface area contributed by atoms with Crippen molar-refractivity contribution in [1.82, 2.24) is 0 Å². The molecule has 0 N–H and O–H groups in total. The van der Waals surface area contributed by atoms with Crippen LogP contribution in [-0.4, -0.2) is 0 Å². The molecule has 0 unspecified atom stereocenters. The molecule has 0 bridgehead atoms. The second kappa shape index (κ2) is 4.26. The van der Waals surface area contributed by atoms with Crippen LogP contribution >= 0.6 is 0 Å². The third kappa shape index (κ3) is 1.78. The maximum Gasteiger partial charge on any atom is 0.212 e. The lowest BCUT2D eigenvalue weighted by Gasteiger charge is -2.03. The summed E-state index contributed by atoms with van der Waals surface area (Å²) in [5.74, 6) is 0. The number of fused-ring (bicyclic) bond motifs is 1. The fourth-order valence-corrected chi connectivity index (χ4v) is 1.93. The molecule has 76 valence electrons. The van der Waals surface area contributed by atoms with E-state index in [9.17, 15) is 0 Å². The minimum absolute atomic E-state index is 1.04. The minimum atomic E-state index is 1.04. The van der Waals surface area contributed by atoms with Crippen LogP contribution < -0.4 is 4.57 Å². The highest BCUT2D eigenvalue weighted by Crippen LogP contribution is 2.11. The molecular formula is C14H16N+. The van der Waals surface area contributed by atoms with Gasteiger partial charge in [0.1, 0.15) is 6.54 Å². The maximum atomic E-state index is 3.86. The van der Waals surface area contributed by atoms with Crippen LogP contribution in [0.2, 0.25) is 0 Å². The molecule has 0 amide bonds. The Bertz CT molecular complexity index is 486. The average molecular weight is 198 g/mol. The molecule has 15 heavy (non-hydrogen) atoms. The number of pyridine rings is 1. The van der Waals surface area contributed by atoms with Crippen molar-refractivity contribution >= 4 is 17.0 Å². The second-order valence-corrected chi connectivity index (χ2v) is 3.67. The van der Waals surface area contributed by atoms with E-state index in [0.717, 1.165) is 13.0 Å². The zero-order chi connectivity index (χ0) is 10.7. The Morgan fingerprint density at radius 3 is 2.73 bits per heavy atom. The first-order chi connectivity index (χ1) is 7.36. The standard InChI is InChI=1S/C14H16N/c1-3-11-15-13(4-2)10-9-12-7-5-6-8-14(12)15/h4-10H,2-3,11H2,1H3/q+1. The van der Waals surface area contributed by atoms with Gasteiger partial charge in [0, 0.05) is 30.0 Å². The summed E-state index contributed by atoms with van der Waals surface area (Å²) in [6.45, 7) is 7.10. The van der Waals surface area contributed by atoms with Crippen molar-refractivity contribution in [3.63, 3.8) is 0 Å². The summed E-state index contributed by atoms with van der Waals surface area (Å²) >= 11 is 0. The van der Waals surface area contributed by atoms with E-state index in [4.69, 9.17) is 0 Å². The largest absolute Gasteiger partial charge is 0.212 e. The van der Waals surface area contributed by atoms with Gasteiger partial charge in [-0.25, -0.2) is 0 Å². The van der Waals surface area contributed by atoms with Crippen LogP contribution in [0.15, 0.2) is 43.0 Å². The lowest BCUT2D eigenvalue weighted by molar-refractivity contribution is -0.673.